The fourth-order valence-electron chi connectivity index (χ4n) is 3.84. The molecule has 9 nitrogen and oxygen atoms in total. The third-order valence-electron chi connectivity index (χ3n) is 5.48. The second-order valence-electron chi connectivity index (χ2n) is 7.52. The molecule has 4 aromatic rings. The molecule has 0 radical (unpaired) electrons. The number of fused-ring (bicyclic) bond motifs is 2. The Kier molecular flexibility index (Phi) is 5.26. The number of amides is 1. The van der Waals surface area contributed by atoms with Gasteiger partial charge in [-0.2, -0.15) is 5.10 Å². The summed E-state index contributed by atoms with van der Waals surface area (Å²) in [5, 5.41) is 17.2. The van der Waals surface area contributed by atoms with Crippen molar-refractivity contribution in [2.45, 2.75) is 12.6 Å². The molecule has 1 amide bonds. The van der Waals surface area contributed by atoms with E-state index in [0.29, 0.717) is 32.2 Å². The highest BCUT2D eigenvalue weighted by Crippen LogP contribution is 2.31. The molecule has 5 rings (SSSR count). The fourth-order valence-corrected chi connectivity index (χ4v) is 4.87. The van der Waals surface area contributed by atoms with Crippen LogP contribution in [0.5, 0.6) is 0 Å². The predicted molar refractivity (Wildman–Crippen MR) is 118 cm³/mol. The average Bonchev–Trinajstić information content (AvgIpc) is 3.44. The summed E-state index contributed by atoms with van der Waals surface area (Å²) in [7, 11) is 1.68. The van der Waals surface area contributed by atoms with Crippen molar-refractivity contribution in [3.8, 4) is 0 Å². The van der Waals surface area contributed by atoms with Crippen LogP contribution in [0.2, 0.25) is 0 Å². The molecule has 2 N–H and O–H groups in total. The number of hydrogen-bond acceptors (Lipinski definition) is 8. The number of H-pyrrole nitrogens is 1. The van der Waals surface area contributed by atoms with Crippen LogP contribution in [-0.2, 0) is 16.1 Å². The van der Waals surface area contributed by atoms with Crippen molar-refractivity contribution in [1.82, 2.24) is 25.1 Å². The SMILES string of the molecule is CN(Cc1cc2nc(N3CCOC(c4cccc5[nH]ncc45)C3)ncc2s1)C(=O)CO. The Morgan fingerprint density at radius 1 is 1.42 bits per heavy atom. The minimum absolute atomic E-state index is 0.0921. The van der Waals surface area contributed by atoms with Crippen LogP contribution in [-0.4, -0.2) is 69.4 Å². The van der Waals surface area contributed by atoms with Crippen LogP contribution in [0.1, 0.15) is 16.5 Å². The van der Waals surface area contributed by atoms with E-state index in [1.165, 1.54) is 4.90 Å². The largest absolute Gasteiger partial charge is 0.387 e. The van der Waals surface area contributed by atoms with E-state index < -0.39 is 6.61 Å². The predicted octanol–water partition coefficient (Wildman–Crippen LogP) is 2.10. The summed E-state index contributed by atoms with van der Waals surface area (Å²) in [6, 6.07) is 8.07. The van der Waals surface area contributed by atoms with Gasteiger partial charge < -0.3 is 19.6 Å². The van der Waals surface area contributed by atoms with E-state index in [4.69, 9.17) is 14.8 Å². The standard InChI is InChI=1S/C21H22N6O3S/c1-26(20(29)12-28)10-13-7-17-19(31-13)9-22-21(24-17)27-5-6-30-18(11-27)14-3-2-4-16-15(14)8-23-25-16/h2-4,7-9,18,28H,5-6,10-12H2,1H3,(H,23,25). The van der Waals surface area contributed by atoms with Gasteiger partial charge in [-0.15, -0.1) is 11.3 Å². The summed E-state index contributed by atoms with van der Waals surface area (Å²) >= 11 is 1.55. The maximum atomic E-state index is 11.6. The zero-order valence-electron chi connectivity index (χ0n) is 17.0. The first kappa shape index (κ1) is 19.9. The normalized spacial score (nSPS) is 16.8. The molecule has 10 heteroatoms. The van der Waals surface area contributed by atoms with E-state index >= 15 is 0 Å². The molecular weight excluding hydrogens is 416 g/mol. The van der Waals surface area contributed by atoms with E-state index in [1.807, 2.05) is 30.6 Å². The van der Waals surface area contributed by atoms with Crippen molar-refractivity contribution in [2.75, 3.05) is 38.3 Å². The smallest absolute Gasteiger partial charge is 0.248 e. The number of morpholine rings is 1. The molecule has 4 heterocycles. The molecule has 1 atom stereocenters. The highest BCUT2D eigenvalue weighted by Gasteiger charge is 2.25. The lowest BCUT2D eigenvalue weighted by Crippen LogP contribution is -2.39. The van der Waals surface area contributed by atoms with Gasteiger partial charge in [0, 0.05) is 23.9 Å². The second kappa shape index (κ2) is 8.22. The topological polar surface area (TPSA) is 107 Å². The van der Waals surface area contributed by atoms with Crippen molar-refractivity contribution in [3.05, 3.63) is 47.1 Å². The molecule has 31 heavy (non-hydrogen) atoms. The average molecular weight is 439 g/mol. The Labute approximate surface area is 182 Å². The second-order valence-corrected chi connectivity index (χ2v) is 8.69. The summed E-state index contributed by atoms with van der Waals surface area (Å²) in [5.74, 6) is 0.362. The molecule has 1 saturated heterocycles. The Morgan fingerprint density at radius 2 is 2.32 bits per heavy atom. The number of aliphatic hydroxyl groups is 1. The van der Waals surface area contributed by atoms with Crippen molar-refractivity contribution in [1.29, 1.82) is 0 Å². The van der Waals surface area contributed by atoms with Gasteiger partial charge in [-0.25, -0.2) is 9.97 Å². The highest BCUT2D eigenvalue weighted by molar-refractivity contribution is 7.18. The molecule has 1 unspecified atom stereocenters. The minimum Gasteiger partial charge on any atom is -0.387 e. The van der Waals surface area contributed by atoms with Crippen molar-refractivity contribution < 1.29 is 14.6 Å². The number of nitrogens with one attached hydrogen (secondary N) is 1. The lowest BCUT2D eigenvalue weighted by molar-refractivity contribution is -0.133. The molecule has 1 aromatic carbocycles. The maximum absolute atomic E-state index is 11.6. The number of nitrogens with zero attached hydrogens (tertiary/aromatic N) is 5. The Morgan fingerprint density at radius 3 is 3.19 bits per heavy atom. The Bertz CT molecular complexity index is 1240. The molecule has 0 bridgehead atoms. The lowest BCUT2D eigenvalue weighted by atomic mass is 10.0. The highest BCUT2D eigenvalue weighted by atomic mass is 32.1. The molecule has 1 fully saturated rings. The van der Waals surface area contributed by atoms with Crippen molar-refractivity contribution in [3.63, 3.8) is 0 Å². The third kappa shape index (κ3) is 3.85. The molecule has 0 spiro atoms. The number of thiophene rings is 1. The number of aliphatic hydroxyl groups excluding tert-OH is 1. The first-order valence-electron chi connectivity index (χ1n) is 10.0. The quantitative estimate of drug-likeness (QED) is 0.491. The molecule has 160 valence electrons. The summed E-state index contributed by atoms with van der Waals surface area (Å²) in [6.45, 7) is 1.90. The van der Waals surface area contributed by atoms with Gasteiger partial charge in [0.2, 0.25) is 11.9 Å². The summed E-state index contributed by atoms with van der Waals surface area (Å²) in [4.78, 5) is 25.6. The van der Waals surface area contributed by atoms with Crippen LogP contribution in [0, 0.1) is 0 Å². The van der Waals surface area contributed by atoms with E-state index in [0.717, 1.165) is 31.6 Å². The number of carbonyl (C=O) groups excluding carboxylic acids is 1. The van der Waals surface area contributed by atoms with Gasteiger partial charge in [0.05, 0.1) is 47.8 Å². The van der Waals surface area contributed by atoms with Crippen LogP contribution >= 0.6 is 11.3 Å². The zero-order chi connectivity index (χ0) is 21.4. The van der Waals surface area contributed by atoms with Gasteiger partial charge in [-0.3, -0.25) is 9.89 Å². The summed E-state index contributed by atoms with van der Waals surface area (Å²) in [5.41, 5.74) is 2.95. The molecule has 1 aliphatic heterocycles. The molecule has 0 saturated carbocycles. The van der Waals surface area contributed by atoms with E-state index in [1.54, 1.807) is 18.4 Å². The van der Waals surface area contributed by atoms with Gasteiger partial charge in [0.25, 0.3) is 0 Å². The lowest BCUT2D eigenvalue weighted by Gasteiger charge is -2.33. The van der Waals surface area contributed by atoms with Crippen LogP contribution in [0.15, 0.2) is 36.7 Å². The minimum atomic E-state index is -0.490. The van der Waals surface area contributed by atoms with Gasteiger partial charge in [0.1, 0.15) is 12.7 Å². The number of aromatic nitrogens is 4. The van der Waals surface area contributed by atoms with E-state index in [9.17, 15) is 4.79 Å². The number of hydrogen-bond donors (Lipinski definition) is 2. The third-order valence-corrected chi connectivity index (χ3v) is 6.52. The Balaban J connectivity index is 1.37. The zero-order valence-corrected chi connectivity index (χ0v) is 17.8. The van der Waals surface area contributed by atoms with Crippen molar-refractivity contribution in [2.24, 2.45) is 0 Å². The monoisotopic (exact) mass is 438 g/mol. The van der Waals surface area contributed by atoms with Crippen LogP contribution in [0.25, 0.3) is 21.1 Å². The molecule has 1 aliphatic rings. The van der Waals surface area contributed by atoms with Gasteiger partial charge in [-0.1, -0.05) is 12.1 Å². The number of carbonyl (C=O) groups is 1. The number of likely N-dealkylation sites (N-methyl/N-ethyl adjacent to an activating group) is 1. The molecule has 3 aromatic heterocycles. The van der Waals surface area contributed by atoms with Crippen LogP contribution < -0.4 is 4.90 Å². The van der Waals surface area contributed by atoms with Crippen molar-refractivity contribution >= 4 is 44.3 Å². The van der Waals surface area contributed by atoms with E-state index in [-0.39, 0.29) is 12.0 Å². The molecule has 0 aliphatic carbocycles. The summed E-state index contributed by atoms with van der Waals surface area (Å²) in [6.07, 6.45) is 3.58. The van der Waals surface area contributed by atoms with Gasteiger partial charge in [-0.05, 0) is 17.7 Å². The van der Waals surface area contributed by atoms with Gasteiger partial charge >= 0.3 is 0 Å². The molecular formula is C21H22N6O3S. The number of ether oxygens (including phenoxy) is 1. The first-order valence-corrected chi connectivity index (χ1v) is 10.8. The number of benzene rings is 1. The van der Waals surface area contributed by atoms with Crippen LogP contribution in [0.3, 0.4) is 0 Å². The fraction of sp³-hybridized carbons (Fsp3) is 0.333. The van der Waals surface area contributed by atoms with E-state index in [2.05, 4.69) is 26.1 Å². The van der Waals surface area contributed by atoms with Gasteiger partial charge in [0.15, 0.2) is 0 Å². The number of aromatic amines is 1. The Hall–Kier alpha value is -3.08. The maximum Gasteiger partial charge on any atom is 0.248 e. The first-order chi connectivity index (χ1) is 15.1. The van der Waals surface area contributed by atoms with Crippen LogP contribution in [0.4, 0.5) is 5.95 Å². The number of rotatable bonds is 5. The summed E-state index contributed by atoms with van der Waals surface area (Å²) < 4.78 is 7.04. The number of anilines is 1.